The molecule has 1 fully saturated rings. The van der Waals surface area contributed by atoms with E-state index in [2.05, 4.69) is 9.97 Å². The van der Waals surface area contributed by atoms with Crippen LogP contribution < -0.4 is 10.5 Å². The maximum atomic E-state index is 12.6. The van der Waals surface area contributed by atoms with Crippen molar-refractivity contribution in [3.05, 3.63) is 20.8 Å². The Hall–Kier alpha value is -1.42. The molecule has 0 saturated carbocycles. The molecule has 0 unspecified atom stereocenters. The van der Waals surface area contributed by atoms with Crippen molar-refractivity contribution in [2.75, 3.05) is 45.1 Å². The number of amides is 1. The van der Waals surface area contributed by atoms with Crippen molar-refractivity contribution in [2.45, 2.75) is 30.8 Å². The van der Waals surface area contributed by atoms with E-state index in [1.54, 1.807) is 11.3 Å². The number of quaternary nitrogens is 1. The van der Waals surface area contributed by atoms with E-state index >= 15 is 0 Å². The van der Waals surface area contributed by atoms with Crippen LogP contribution in [-0.2, 0) is 17.6 Å². The predicted molar refractivity (Wildman–Crippen MR) is 107 cm³/mol. The molecule has 4 rings (SSSR count). The van der Waals surface area contributed by atoms with Gasteiger partial charge in [-0.1, -0.05) is 11.8 Å². The largest absolute Gasteiger partial charge is 0.391 e. The number of nitrogens with one attached hydrogen (secondary N) is 2. The highest BCUT2D eigenvalue weighted by Crippen LogP contribution is 2.34. The summed E-state index contributed by atoms with van der Waals surface area (Å²) in [4.78, 5) is 37.8. The Morgan fingerprint density at radius 2 is 2.07 bits per heavy atom. The summed E-state index contributed by atoms with van der Waals surface area (Å²) >= 11 is 2.94. The maximum absolute atomic E-state index is 12.6. The van der Waals surface area contributed by atoms with E-state index in [-0.39, 0.29) is 23.8 Å². The van der Waals surface area contributed by atoms with E-state index in [9.17, 15) is 9.59 Å². The van der Waals surface area contributed by atoms with Crippen LogP contribution in [0.25, 0.3) is 10.2 Å². The lowest BCUT2D eigenvalue weighted by Gasteiger charge is -2.31. The average molecular weight is 410 g/mol. The fraction of sp³-hybridized carbons (Fsp3) is 0.611. The number of aromatic amines is 1. The van der Waals surface area contributed by atoms with Gasteiger partial charge in [0.15, 0.2) is 5.16 Å². The molecule has 7 nitrogen and oxygen atoms in total. The standard InChI is InChI=1S/C18H24N4O3S2/c23-10-9-21-5-7-22(8-6-21)14(24)11-26-18-19-16(25)15-12-3-1-2-4-13(12)27-17(15)20-18/h23H,1-11H2,(H,19,20,25)/p+1. The van der Waals surface area contributed by atoms with Crippen molar-refractivity contribution >= 4 is 39.2 Å². The van der Waals surface area contributed by atoms with Gasteiger partial charge in [0.1, 0.15) is 11.4 Å². The van der Waals surface area contributed by atoms with Crippen molar-refractivity contribution in [3.8, 4) is 0 Å². The Bertz CT molecular complexity index is 887. The van der Waals surface area contributed by atoms with E-state index in [0.717, 1.165) is 62.2 Å². The van der Waals surface area contributed by atoms with Gasteiger partial charge in [-0.25, -0.2) is 4.98 Å². The van der Waals surface area contributed by atoms with Crippen LogP contribution in [0.1, 0.15) is 23.3 Å². The third-order valence-electron chi connectivity index (χ3n) is 5.42. The van der Waals surface area contributed by atoms with Crippen LogP contribution in [0.5, 0.6) is 0 Å². The van der Waals surface area contributed by atoms with Crippen LogP contribution in [0, 0.1) is 0 Å². The highest BCUT2D eigenvalue weighted by Gasteiger charge is 2.24. The molecule has 3 heterocycles. The first-order chi connectivity index (χ1) is 13.2. The normalized spacial score (nSPS) is 18.0. The Morgan fingerprint density at radius 1 is 1.30 bits per heavy atom. The number of aromatic nitrogens is 2. The van der Waals surface area contributed by atoms with Crippen LogP contribution in [0.4, 0.5) is 0 Å². The Morgan fingerprint density at radius 3 is 2.85 bits per heavy atom. The first-order valence-corrected chi connectivity index (χ1v) is 11.4. The summed E-state index contributed by atoms with van der Waals surface area (Å²) < 4.78 is 0. The summed E-state index contributed by atoms with van der Waals surface area (Å²) in [5, 5.41) is 10.3. The Labute approximate surface area is 165 Å². The minimum atomic E-state index is -0.0735. The van der Waals surface area contributed by atoms with Crippen molar-refractivity contribution in [3.63, 3.8) is 0 Å². The molecule has 0 radical (unpaired) electrons. The van der Waals surface area contributed by atoms with Gasteiger partial charge in [-0.05, 0) is 31.2 Å². The zero-order valence-corrected chi connectivity index (χ0v) is 16.9. The SMILES string of the molecule is O=C(CSc1nc2sc3c(c2c(=O)[nH]1)CCCC3)N1CC[NH+](CCO)CC1. The van der Waals surface area contributed by atoms with Crippen LogP contribution in [-0.4, -0.2) is 71.0 Å². The minimum absolute atomic E-state index is 0.0735. The molecule has 2 aromatic rings. The molecule has 0 atom stereocenters. The summed E-state index contributed by atoms with van der Waals surface area (Å²) in [5.41, 5.74) is 1.11. The smallest absolute Gasteiger partial charge is 0.260 e. The number of rotatable bonds is 5. The fourth-order valence-corrected chi connectivity index (χ4v) is 6.00. The zero-order chi connectivity index (χ0) is 18.8. The van der Waals surface area contributed by atoms with Gasteiger partial charge in [0, 0.05) is 4.88 Å². The lowest BCUT2D eigenvalue weighted by atomic mass is 9.97. The maximum Gasteiger partial charge on any atom is 0.260 e. The van der Waals surface area contributed by atoms with Crippen molar-refractivity contribution in [1.82, 2.24) is 14.9 Å². The number of H-pyrrole nitrogens is 1. The summed E-state index contributed by atoms with van der Waals surface area (Å²) in [7, 11) is 0. The summed E-state index contributed by atoms with van der Waals surface area (Å²) in [5.74, 6) is 0.366. The van der Waals surface area contributed by atoms with Gasteiger partial charge in [0.2, 0.25) is 5.91 Å². The van der Waals surface area contributed by atoms with Gasteiger partial charge in [0.05, 0.1) is 43.9 Å². The van der Waals surface area contributed by atoms with Gasteiger partial charge in [-0.2, -0.15) is 0 Å². The Kier molecular flexibility index (Phi) is 5.82. The van der Waals surface area contributed by atoms with Crippen molar-refractivity contribution < 1.29 is 14.8 Å². The molecule has 1 aliphatic carbocycles. The number of thioether (sulfide) groups is 1. The van der Waals surface area contributed by atoms with E-state index in [1.807, 2.05) is 4.90 Å². The van der Waals surface area contributed by atoms with Gasteiger partial charge in [0.25, 0.3) is 5.56 Å². The molecule has 3 N–H and O–H groups in total. The molecular weight excluding hydrogens is 384 g/mol. The second kappa shape index (κ2) is 8.30. The number of aryl methyl sites for hydroxylation is 2. The number of fused-ring (bicyclic) bond motifs is 3. The highest BCUT2D eigenvalue weighted by atomic mass is 32.2. The van der Waals surface area contributed by atoms with Gasteiger partial charge >= 0.3 is 0 Å². The molecular formula is C18H25N4O3S2+. The number of hydrogen-bond donors (Lipinski definition) is 3. The third-order valence-corrected chi connectivity index (χ3v) is 7.47. The molecule has 1 saturated heterocycles. The molecule has 0 aromatic carbocycles. The summed E-state index contributed by atoms with van der Waals surface area (Å²) in [6.07, 6.45) is 4.33. The lowest BCUT2D eigenvalue weighted by molar-refractivity contribution is -0.904. The number of nitrogens with zero attached hydrogens (tertiary/aromatic N) is 2. The zero-order valence-electron chi connectivity index (χ0n) is 15.3. The molecule has 2 aliphatic rings. The number of piperazine rings is 1. The first kappa shape index (κ1) is 18.9. The van der Waals surface area contributed by atoms with Crippen LogP contribution in [0.2, 0.25) is 0 Å². The number of aliphatic hydroxyl groups is 1. The molecule has 0 spiro atoms. The molecule has 146 valence electrons. The number of carbonyl (C=O) groups is 1. The minimum Gasteiger partial charge on any atom is -0.391 e. The van der Waals surface area contributed by atoms with Crippen LogP contribution in [0.15, 0.2) is 9.95 Å². The van der Waals surface area contributed by atoms with Gasteiger partial charge in [-0.15, -0.1) is 11.3 Å². The van der Waals surface area contributed by atoms with E-state index in [1.165, 1.54) is 33.5 Å². The first-order valence-electron chi connectivity index (χ1n) is 9.55. The molecule has 2 aromatic heterocycles. The topological polar surface area (TPSA) is 90.7 Å². The highest BCUT2D eigenvalue weighted by molar-refractivity contribution is 7.99. The molecule has 0 bridgehead atoms. The monoisotopic (exact) mass is 409 g/mol. The van der Waals surface area contributed by atoms with Gasteiger partial charge in [-0.3, -0.25) is 9.59 Å². The van der Waals surface area contributed by atoms with Crippen molar-refractivity contribution in [1.29, 1.82) is 0 Å². The average Bonchev–Trinajstić information content (AvgIpc) is 3.06. The predicted octanol–water partition coefficient (Wildman–Crippen LogP) is -0.325. The molecule has 1 amide bonds. The van der Waals surface area contributed by atoms with Crippen LogP contribution >= 0.6 is 23.1 Å². The molecule has 9 heteroatoms. The van der Waals surface area contributed by atoms with E-state index < -0.39 is 0 Å². The number of carbonyl (C=O) groups excluding carboxylic acids is 1. The third kappa shape index (κ3) is 4.06. The van der Waals surface area contributed by atoms with E-state index in [4.69, 9.17) is 5.11 Å². The quantitative estimate of drug-likeness (QED) is 0.465. The fourth-order valence-electron chi connectivity index (χ4n) is 3.91. The lowest BCUT2D eigenvalue weighted by Crippen LogP contribution is -3.15. The Balaban J connectivity index is 1.40. The summed E-state index contributed by atoms with van der Waals surface area (Å²) in [6.45, 7) is 4.11. The van der Waals surface area contributed by atoms with Crippen molar-refractivity contribution in [2.24, 2.45) is 0 Å². The second-order valence-corrected chi connectivity index (χ2v) is 9.20. The molecule has 27 heavy (non-hydrogen) atoms. The number of thiophene rings is 1. The van der Waals surface area contributed by atoms with E-state index in [0.29, 0.717) is 5.16 Å². The molecule has 1 aliphatic heterocycles. The van der Waals surface area contributed by atoms with Gasteiger partial charge < -0.3 is 19.9 Å². The second-order valence-electron chi connectivity index (χ2n) is 7.16. The number of hydrogen-bond acceptors (Lipinski definition) is 6. The number of aliphatic hydroxyl groups excluding tert-OH is 1. The van der Waals surface area contributed by atoms with Crippen LogP contribution in [0.3, 0.4) is 0 Å². The summed E-state index contributed by atoms with van der Waals surface area (Å²) in [6, 6.07) is 0.